The van der Waals surface area contributed by atoms with Gasteiger partial charge in [-0.15, -0.1) is 0 Å². The van der Waals surface area contributed by atoms with Gasteiger partial charge >= 0.3 is 5.97 Å². The number of anilines is 1. The second-order valence-corrected chi connectivity index (χ2v) is 7.46. The van der Waals surface area contributed by atoms with E-state index in [0.29, 0.717) is 23.4 Å². The van der Waals surface area contributed by atoms with E-state index in [1.807, 2.05) is 24.3 Å². The van der Waals surface area contributed by atoms with Crippen molar-refractivity contribution in [3.8, 4) is 0 Å². The summed E-state index contributed by atoms with van der Waals surface area (Å²) in [5, 5.41) is 19.0. The first-order valence-electron chi connectivity index (χ1n) is 9.64. The number of pyridine rings is 1. The summed E-state index contributed by atoms with van der Waals surface area (Å²) in [7, 11) is 2.05. The summed E-state index contributed by atoms with van der Waals surface area (Å²) in [6.45, 7) is 4.33. The number of aromatic carboxylic acids is 1. The van der Waals surface area contributed by atoms with Gasteiger partial charge in [-0.2, -0.15) is 0 Å². The van der Waals surface area contributed by atoms with Crippen LogP contribution in [-0.4, -0.2) is 40.4 Å². The van der Waals surface area contributed by atoms with Crippen LogP contribution in [0.5, 0.6) is 0 Å². The topological polar surface area (TPSA) is 82.8 Å². The number of aliphatic hydroxyl groups excluding tert-OH is 1. The number of benzene rings is 2. The number of aromatic nitrogens is 1. The standard InChI is InChI=1S/C23H26N2O4/c1-15(2)24(3)20-7-5-4-6-17(20)12-16-8-9-21-18(13-16)22(27)19(23(28)29)14-25(21)10-11-26/h4-9,13-15,26H,10-12H2,1-3H3,(H,28,29). The third-order valence-electron chi connectivity index (χ3n) is 5.26. The van der Waals surface area contributed by atoms with Gasteiger partial charge in [0, 0.05) is 36.9 Å². The van der Waals surface area contributed by atoms with E-state index in [1.165, 1.54) is 6.20 Å². The van der Waals surface area contributed by atoms with Crippen LogP contribution >= 0.6 is 0 Å². The average Bonchev–Trinajstić information content (AvgIpc) is 2.70. The molecule has 0 aliphatic rings. The molecule has 0 bridgehead atoms. The summed E-state index contributed by atoms with van der Waals surface area (Å²) in [4.78, 5) is 26.4. The lowest BCUT2D eigenvalue weighted by Crippen LogP contribution is -2.26. The minimum Gasteiger partial charge on any atom is -0.477 e. The molecule has 0 amide bonds. The summed E-state index contributed by atoms with van der Waals surface area (Å²) in [5.74, 6) is -1.27. The van der Waals surface area contributed by atoms with Crippen molar-refractivity contribution < 1.29 is 15.0 Å². The summed E-state index contributed by atoms with van der Waals surface area (Å²) in [6.07, 6.45) is 1.93. The van der Waals surface area contributed by atoms with Gasteiger partial charge in [-0.1, -0.05) is 24.3 Å². The van der Waals surface area contributed by atoms with Gasteiger partial charge in [-0.25, -0.2) is 4.79 Å². The Morgan fingerprint density at radius 1 is 1.17 bits per heavy atom. The number of carbonyl (C=O) groups is 1. The molecule has 3 aromatic rings. The molecule has 152 valence electrons. The van der Waals surface area contributed by atoms with E-state index in [0.717, 1.165) is 16.8 Å². The Hall–Kier alpha value is -3.12. The number of para-hydroxylation sites is 1. The summed E-state index contributed by atoms with van der Waals surface area (Å²) in [5.41, 5.74) is 3.01. The number of hydrogen-bond donors (Lipinski definition) is 2. The molecule has 0 saturated carbocycles. The average molecular weight is 394 g/mol. The molecule has 0 aliphatic heterocycles. The number of carboxylic acids is 1. The lowest BCUT2D eigenvalue weighted by Gasteiger charge is -2.26. The van der Waals surface area contributed by atoms with Crippen molar-refractivity contribution in [2.75, 3.05) is 18.6 Å². The van der Waals surface area contributed by atoms with Crippen LogP contribution in [0.15, 0.2) is 53.5 Å². The first kappa shape index (κ1) is 20.6. The quantitative estimate of drug-likeness (QED) is 0.643. The van der Waals surface area contributed by atoms with Crippen LogP contribution in [0.25, 0.3) is 10.9 Å². The maximum Gasteiger partial charge on any atom is 0.341 e. The van der Waals surface area contributed by atoms with Gasteiger partial charge in [0.25, 0.3) is 0 Å². The molecule has 1 heterocycles. The fourth-order valence-corrected chi connectivity index (χ4v) is 3.50. The summed E-state index contributed by atoms with van der Waals surface area (Å²) >= 11 is 0. The smallest absolute Gasteiger partial charge is 0.341 e. The number of nitrogens with zero attached hydrogens (tertiary/aromatic N) is 2. The maximum absolute atomic E-state index is 12.7. The highest BCUT2D eigenvalue weighted by Gasteiger charge is 2.16. The molecule has 0 fully saturated rings. The Morgan fingerprint density at radius 2 is 1.90 bits per heavy atom. The summed E-state index contributed by atoms with van der Waals surface area (Å²) in [6, 6.07) is 14.0. The predicted octanol–water partition coefficient (Wildman–Crippen LogP) is 3.13. The lowest BCUT2D eigenvalue weighted by molar-refractivity contribution is 0.0694. The van der Waals surface area contributed by atoms with E-state index in [2.05, 4.69) is 37.9 Å². The normalized spacial score (nSPS) is 11.2. The van der Waals surface area contributed by atoms with Crippen LogP contribution in [0.2, 0.25) is 0 Å². The van der Waals surface area contributed by atoms with E-state index < -0.39 is 11.4 Å². The van der Waals surface area contributed by atoms with Crippen molar-refractivity contribution in [1.82, 2.24) is 4.57 Å². The van der Waals surface area contributed by atoms with Crippen LogP contribution in [0, 0.1) is 0 Å². The molecule has 0 spiro atoms. The molecule has 0 radical (unpaired) electrons. The molecule has 0 aliphatic carbocycles. The van der Waals surface area contributed by atoms with Gasteiger partial charge in [0.1, 0.15) is 5.56 Å². The van der Waals surface area contributed by atoms with Gasteiger partial charge in [0.2, 0.25) is 5.43 Å². The van der Waals surface area contributed by atoms with Crippen molar-refractivity contribution in [1.29, 1.82) is 0 Å². The third-order valence-corrected chi connectivity index (χ3v) is 5.26. The molecule has 3 rings (SSSR count). The minimum atomic E-state index is -1.27. The molecule has 0 atom stereocenters. The Balaban J connectivity index is 2.10. The van der Waals surface area contributed by atoms with Gasteiger partial charge in [-0.3, -0.25) is 4.79 Å². The van der Waals surface area contributed by atoms with Crippen LogP contribution in [-0.2, 0) is 13.0 Å². The summed E-state index contributed by atoms with van der Waals surface area (Å²) < 4.78 is 1.62. The van der Waals surface area contributed by atoms with Gasteiger partial charge < -0.3 is 19.7 Å². The molecule has 29 heavy (non-hydrogen) atoms. The molecule has 0 unspecified atom stereocenters. The highest BCUT2D eigenvalue weighted by atomic mass is 16.4. The van der Waals surface area contributed by atoms with Crippen LogP contribution in [0.4, 0.5) is 5.69 Å². The van der Waals surface area contributed by atoms with Gasteiger partial charge in [0.15, 0.2) is 0 Å². The second-order valence-electron chi connectivity index (χ2n) is 7.46. The number of rotatable bonds is 7. The zero-order valence-electron chi connectivity index (χ0n) is 16.9. The Kier molecular flexibility index (Phi) is 6.03. The number of aliphatic hydroxyl groups is 1. The van der Waals surface area contributed by atoms with E-state index in [1.54, 1.807) is 10.6 Å². The van der Waals surface area contributed by atoms with Gasteiger partial charge in [0.05, 0.1) is 12.1 Å². The zero-order valence-corrected chi connectivity index (χ0v) is 16.9. The van der Waals surface area contributed by atoms with Crippen LogP contribution < -0.4 is 10.3 Å². The van der Waals surface area contributed by atoms with Crippen LogP contribution in [0.1, 0.15) is 35.3 Å². The zero-order chi connectivity index (χ0) is 21.1. The van der Waals surface area contributed by atoms with Crippen molar-refractivity contribution >= 4 is 22.6 Å². The number of carboxylic acid groups (broad SMARTS) is 1. The SMILES string of the molecule is CC(C)N(C)c1ccccc1Cc1ccc2c(c1)c(=O)c(C(=O)O)cn2CCO. The molecular formula is C23H26N2O4. The van der Waals surface area contributed by atoms with E-state index in [9.17, 15) is 19.8 Å². The second kappa shape index (κ2) is 8.49. The molecule has 6 heteroatoms. The van der Waals surface area contributed by atoms with E-state index in [-0.39, 0.29) is 18.7 Å². The first-order chi connectivity index (χ1) is 13.8. The molecular weight excluding hydrogens is 368 g/mol. The number of hydrogen-bond acceptors (Lipinski definition) is 4. The van der Waals surface area contributed by atoms with Gasteiger partial charge in [-0.05, 0) is 49.6 Å². The molecule has 6 nitrogen and oxygen atoms in total. The lowest BCUT2D eigenvalue weighted by atomic mass is 10.00. The predicted molar refractivity (Wildman–Crippen MR) is 115 cm³/mol. The third kappa shape index (κ3) is 4.17. The molecule has 1 aromatic heterocycles. The fourth-order valence-electron chi connectivity index (χ4n) is 3.50. The van der Waals surface area contributed by atoms with Crippen molar-refractivity contribution in [2.45, 2.75) is 32.9 Å². The Bertz CT molecular complexity index is 1100. The minimum absolute atomic E-state index is 0.145. The highest BCUT2D eigenvalue weighted by Crippen LogP contribution is 2.25. The maximum atomic E-state index is 12.7. The number of fused-ring (bicyclic) bond motifs is 1. The molecule has 0 saturated heterocycles. The van der Waals surface area contributed by atoms with Crippen molar-refractivity contribution in [2.24, 2.45) is 0 Å². The van der Waals surface area contributed by atoms with E-state index >= 15 is 0 Å². The van der Waals surface area contributed by atoms with Crippen molar-refractivity contribution in [3.05, 3.63) is 75.6 Å². The van der Waals surface area contributed by atoms with Crippen molar-refractivity contribution in [3.63, 3.8) is 0 Å². The molecule has 2 N–H and O–H groups in total. The Labute approximate surface area is 169 Å². The van der Waals surface area contributed by atoms with E-state index in [4.69, 9.17) is 0 Å². The van der Waals surface area contributed by atoms with Crippen LogP contribution in [0.3, 0.4) is 0 Å². The molecule has 2 aromatic carbocycles. The monoisotopic (exact) mass is 394 g/mol. The first-order valence-corrected chi connectivity index (χ1v) is 9.64. The largest absolute Gasteiger partial charge is 0.477 e. The highest BCUT2D eigenvalue weighted by molar-refractivity contribution is 5.92. The Morgan fingerprint density at radius 3 is 2.55 bits per heavy atom. The fraction of sp³-hybridized carbons (Fsp3) is 0.304.